The predicted octanol–water partition coefficient (Wildman–Crippen LogP) is 4.69. The minimum atomic E-state index is 0.0742. The number of hydrogen-bond donors (Lipinski definition) is 1. The Morgan fingerprint density at radius 1 is 1.34 bits per heavy atom. The maximum absolute atomic E-state index is 13.4. The summed E-state index contributed by atoms with van der Waals surface area (Å²) in [4.78, 5) is 24.8. The molecule has 0 bridgehead atoms. The van der Waals surface area contributed by atoms with Crippen LogP contribution in [0.2, 0.25) is 0 Å². The van der Waals surface area contributed by atoms with Crippen LogP contribution < -0.4 is 10.1 Å². The molecule has 1 saturated heterocycles. The summed E-state index contributed by atoms with van der Waals surface area (Å²) in [6, 6.07) is 9.87. The van der Waals surface area contributed by atoms with Crippen LogP contribution in [0.25, 0.3) is 10.4 Å². The molecule has 1 fully saturated rings. The molecule has 1 aromatic carbocycles. The van der Waals surface area contributed by atoms with E-state index in [0.29, 0.717) is 12.5 Å². The van der Waals surface area contributed by atoms with Crippen molar-refractivity contribution in [1.29, 1.82) is 0 Å². The smallest absolute Gasteiger partial charge is 0.255 e. The molecule has 1 N–H and O–H groups in total. The molecule has 6 nitrogen and oxygen atoms in total. The van der Waals surface area contributed by atoms with Gasteiger partial charge in [-0.05, 0) is 57.9 Å². The standard InChI is InChI=1S/C21H21BrN4O2S/c1-28-17-6-2-4-14(10-17)19-18(7-9-29-19)20(27)26-8-3-5-16(26)13-25-21-23-11-15(22)12-24-21/h2,4,6-7,9-12,16H,3,5,8,13H2,1H3,(H,23,24,25). The van der Waals surface area contributed by atoms with E-state index < -0.39 is 0 Å². The zero-order chi connectivity index (χ0) is 20.2. The highest BCUT2D eigenvalue weighted by molar-refractivity contribution is 9.10. The summed E-state index contributed by atoms with van der Waals surface area (Å²) in [5.74, 6) is 1.43. The van der Waals surface area contributed by atoms with Gasteiger partial charge in [0.05, 0.1) is 17.1 Å². The Morgan fingerprint density at radius 3 is 2.97 bits per heavy atom. The lowest BCUT2D eigenvalue weighted by atomic mass is 10.1. The topological polar surface area (TPSA) is 67.3 Å². The second-order valence-electron chi connectivity index (χ2n) is 6.80. The Bertz CT molecular complexity index is 992. The zero-order valence-electron chi connectivity index (χ0n) is 16.0. The maximum Gasteiger partial charge on any atom is 0.255 e. The highest BCUT2D eigenvalue weighted by atomic mass is 79.9. The van der Waals surface area contributed by atoms with E-state index in [2.05, 4.69) is 31.2 Å². The summed E-state index contributed by atoms with van der Waals surface area (Å²) in [6.07, 6.45) is 5.38. The van der Waals surface area contributed by atoms with E-state index in [1.165, 1.54) is 0 Å². The van der Waals surface area contributed by atoms with Gasteiger partial charge in [0.25, 0.3) is 5.91 Å². The van der Waals surface area contributed by atoms with Gasteiger partial charge in [0.15, 0.2) is 0 Å². The first-order valence-corrected chi connectivity index (χ1v) is 11.1. The van der Waals surface area contributed by atoms with Gasteiger partial charge in [-0.2, -0.15) is 0 Å². The highest BCUT2D eigenvalue weighted by Gasteiger charge is 2.31. The summed E-state index contributed by atoms with van der Waals surface area (Å²) in [7, 11) is 1.65. The van der Waals surface area contributed by atoms with Crippen LogP contribution in [0.15, 0.2) is 52.6 Å². The number of carbonyl (C=O) groups is 1. The maximum atomic E-state index is 13.4. The van der Waals surface area contributed by atoms with Gasteiger partial charge in [0.1, 0.15) is 5.75 Å². The second-order valence-corrected chi connectivity index (χ2v) is 8.63. The average Bonchev–Trinajstić information content (AvgIpc) is 3.42. The van der Waals surface area contributed by atoms with Crippen LogP contribution in [0.5, 0.6) is 5.75 Å². The van der Waals surface area contributed by atoms with E-state index >= 15 is 0 Å². The van der Waals surface area contributed by atoms with E-state index in [1.54, 1.807) is 30.8 Å². The third kappa shape index (κ3) is 4.43. The molecule has 1 unspecified atom stereocenters. The summed E-state index contributed by atoms with van der Waals surface area (Å²) in [6.45, 7) is 1.39. The number of amides is 1. The van der Waals surface area contributed by atoms with Crippen LogP contribution in [0.3, 0.4) is 0 Å². The minimum Gasteiger partial charge on any atom is -0.497 e. The Hall–Kier alpha value is -2.45. The van der Waals surface area contributed by atoms with Crippen LogP contribution in [-0.2, 0) is 0 Å². The lowest BCUT2D eigenvalue weighted by Crippen LogP contribution is -2.39. The predicted molar refractivity (Wildman–Crippen MR) is 119 cm³/mol. The molecule has 1 atom stereocenters. The second kappa shape index (κ2) is 8.92. The van der Waals surface area contributed by atoms with E-state index in [0.717, 1.165) is 45.6 Å². The lowest BCUT2D eigenvalue weighted by Gasteiger charge is -2.25. The molecule has 0 aliphatic carbocycles. The molecule has 8 heteroatoms. The monoisotopic (exact) mass is 472 g/mol. The number of benzene rings is 1. The normalized spacial score (nSPS) is 16.1. The SMILES string of the molecule is COc1cccc(-c2sccc2C(=O)N2CCCC2CNc2ncc(Br)cn2)c1. The van der Waals surface area contributed by atoms with Crippen LogP contribution in [0.4, 0.5) is 5.95 Å². The van der Waals surface area contributed by atoms with Gasteiger partial charge in [-0.25, -0.2) is 9.97 Å². The fraction of sp³-hybridized carbons (Fsp3) is 0.286. The van der Waals surface area contributed by atoms with E-state index in [1.807, 2.05) is 40.6 Å². The summed E-state index contributed by atoms with van der Waals surface area (Å²) < 4.78 is 6.17. The molecule has 4 rings (SSSR count). The van der Waals surface area contributed by atoms with Gasteiger partial charge in [0.2, 0.25) is 5.95 Å². The number of aromatic nitrogens is 2. The van der Waals surface area contributed by atoms with Crippen molar-refractivity contribution in [2.24, 2.45) is 0 Å². The first-order valence-electron chi connectivity index (χ1n) is 9.40. The van der Waals surface area contributed by atoms with Gasteiger partial charge in [0, 0.05) is 36.4 Å². The Balaban J connectivity index is 1.50. The molecule has 1 aliphatic rings. The molecular formula is C21H21BrN4O2S. The first-order chi connectivity index (χ1) is 14.2. The molecule has 0 spiro atoms. The largest absolute Gasteiger partial charge is 0.497 e. The molecule has 3 heterocycles. The van der Waals surface area contributed by atoms with Crippen LogP contribution >= 0.6 is 27.3 Å². The molecular weight excluding hydrogens is 452 g/mol. The molecule has 0 saturated carbocycles. The molecule has 0 radical (unpaired) electrons. The number of rotatable bonds is 6. The number of hydrogen-bond acceptors (Lipinski definition) is 6. The minimum absolute atomic E-state index is 0.0742. The highest BCUT2D eigenvalue weighted by Crippen LogP contribution is 2.33. The van der Waals surface area contributed by atoms with Gasteiger partial charge in [-0.1, -0.05) is 12.1 Å². The van der Waals surface area contributed by atoms with E-state index in [4.69, 9.17) is 4.74 Å². The van der Waals surface area contributed by atoms with Crippen LogP contribution in [-0.4, -0.2) is 47.0 Å². The summed E-state index contributed by atoms with van der Waals surface area (Å²) >= 11 is 4.91. The van der Waals surface area contributed by atoms with Crippen molar-refractivity contribution in [2.45, 2.75) is 18.9 Å². The number of likely N-dealkylation sites (tertiary alicyclic amines) is 1. The van der Waals surface area contributed by atoms with Crippen molar-refractivity contribution in [1.82, 2.24) is 14.9 Å². The van der Waals surface area contributed by atoms with E-state index in [-0.39, 0.29) is 11.9 Å². The van der Waals surface area contributed by atoms with Crippen molar-refractivity contribution >= 4 is 39.1 Å². The number of methoxy groups -OCH3 is 1. The van der Waals surface area contributed by atoms with Crippen LogP contribution in [0, 0.1) is 0 Å². The Labute approximate surface area is 182 Å². The third-order valence-electron chi connectivity index (χ3n) is 4.98. The number of carbonyl (C=O) groups excluding carboxylic acids is 1. The molecule has 150 valence electrons. The number of nitrogens with zero attached hydrogens (tertiary/aromatic N) is 3. The van der Waals surface area contributed by atoms with Crippen molar-refractivity contribution in [3.63, 3.8) is 0 Å². The van der Waals surface area contributed by atoms with Gasteiger partial charge >= 0.3 is 0 Å². The quantitative estimate of drug-likeness (QED) is 0.563. The molecule has 2 aromatic heterocycles. The van der Waals surface area contributed by atoms with Crippen molar-refractivity contribution in [3.05, 3.63) is 58.1 Å². The lowest BCUT2D eigenvalue weighted by molar-refractivity contribution is 0.0745. The molecule has 3 aromatic rings. The zero-order valence-corrected chi connectivity index (χ0v) is 18.4. The third-order valence-corrected chi connectivity index (χ3v) is 6.35. The van der Waals surface area contributed by atoms with Gasteiger partial charge < -0.3 is 15.0 Å². The number of nitrogens with one attached hydrogen (secondary N) is 1. The average molecular weight is 473 g/mol. The first kappa shape index (κ1) is 19.8. The Kier molecular flexibility index (Phi) is 6.10. The van der Waals surface area contributed by atoms with Crippen molar-refractivity contribution < 1.29 is 9.53 Å². The molecule has 1 amide bonds. The molecule has 1 aliphatic heterocycles. The van der Waals surface area contributed by atoms with Crippen molar-refractivity contribution in [2.75, 3.05) is 25.5 Å². The molecule has 29 heavy (non-hydrogen) atoms. The number of halogens is 1. The fourth-order valence-electron chi connectivity index (χ4n) is 3.55. The number of ether oxygens (including phenoxy) is 1. The van der Waals surface area contributed by atoms with E-state index in [9.17, 15) is 4.79 Å². The van der Waals surface area contributed by atoms with Crippen molar-refractivity contribution in [3.8, 4) is 16.2 Å². The van der Waals surface area contributed by atoms with Gasteiger partial charge in [-0.3, -0.25) is 4.79 Å². The number of thiophene rings is 1. The Morgan fingerprint density at radius 2 is 2.17 bits per heavy atom. The van der Waals surface area contributed by atoms with Gasteiger partial charge in [-0.15, -0.1) is 11.3 Å². The fourth-order valence-corrected chi connectivity index (χ4v) is 4.64. The van der Waals surface area contributed by atoms with Crippen LogP contribution in [0.1, 0.15) is 23.2 Å². The number of anilines is 1. The summed E-state index contributed by atoms with van der Waals surface area (Å²) in [5.41, 5.74) is 1.75. The summed E-state index contributed by atoms with van der Waals surface area (Å²) in [5, 5.41) is 5.23.